The lowest BCUT2D eigenvalue weighted by molar-refractivity contribution is 0.256. The van der Waals surface area contributed by atoms with Crippen molar-refractivity contribution in [1.29, 1.82) is 0 Å². The smallest absolute Gasteiger partial charge is 0.221 e. The van der Waals surface area contributed by atoms with E-state index in [2.05, 4.69) is 23.5 Å². The third kappa shape index (κ3) is 5.60. The first-order chi connectivity index (χ1) is 8.26. The van der Waals surface area contributed by atoms with E-state index in [1.165, 1.54) is 0 Å². The molecule has 18 heavy (non-hydrogen) atoms. The summed E-state index contributed by atoms with van der Waals surface area (Å²) in [5.41, 5.74) is 5.44. The fraction of sp³-hybridized carbons (Fsp3) is 0.909. The maximum absolute atomic E-state index is 11.9. The zero-order valence-electron chi connectivity index (χ0n) is 11.6. The number of likely N-dealkylation sites (N-methyl/N-ethyl adjacent to an activating group) is 1. The number of hydrogen-bond acceptors (Lipinski definition) is 4. The molecule has 0 spiro atoms. The predicted octanol–water partition coefficient (Wildman–Crippen LogP) is 0.701. The zero-order valence-corrected chi connectivity index (χ0v) is 13.3. The van der Waals surface area contributed by atoms with E-state index in [4.69, 9.17) is 18.0 Å². The molecule has 0 aromatic heterocycles. The van der Waals surface area contributed by atoms with Crippen molar-refractivity contribution in [3.8, 4) is 0 Å². The van der Waals surface area contributed by atoms with Crippen LogP contribution in [0.15, 0.2) is 0 Å². The number of nitrogens with zero attached hydrogens (tertiary/aromatic N) is 1. The van der Waals surface area contributed by atoms with Gasteiger partial charge in [-0.05, 0) is 26.8 Å². The Kier molecular flexibility index (Phi) is 7.93. The van der Waals surface area contributed by atoms with Crippen LogP contribution in [0.4, 0.5) is 0 Å². The molecule has 0 rings (SSSR count). The summed E-state index contributed by atoms with van der Waals surface area (Å²) in [6.45, 7) is 7.02. The molecule has 3 N–H and O–H groups in total. The lowest BCUT2D eigenvalue weighted by Gasteiger charge is -2.24. The van der Waals surface area contributed by atoms with Crippen molar-refractivity contribution in [2.45, 2.75) is 44.9 Å². The number of sulfonamides is 1. The first kappa shape index (κ1) is 17.8. The summed E-state index contributed by atoms with van der Waals surface area (Å²) in [5.74, 6) is 0. The number of hydrogen-bond donors (Lipinski definition) is 2. The molecule has 0 fully saturated rings. The molecule has 7 heteroatoms. The monoisotopic (exact) mass is 295 g/mol. The largest absolute Gasteiger partial charge is 0.392 e. The summed E-state index contributed by atoms with van der Waals surface area (Å²) in [6.07, 6.45) is 1.43. The van der Waals surface area contributed by atoms with Gasteiger partial charge in [0, 0.05) is 19.1 Å². The van der Waals surface area contributed by atoms with E-state index < -0.39 is 15.3 Å². The van der Waals surface area contributed by atoms with E-state index in [0.29, 0.717) is 25.6 Å². The van der Waals surface area contributed by atoms with Crippen LogP contribution in [0.3, 0.4) is 0 Å². The van der Waals surface area contributed by atoms with Crippen LogP contribution < -0.4 is 10.5 Å². The summed E-state index contributed by atoms with van der Waals surface area (Å²) in [6, 6.07) is 0.437. The first-order valence-corrected chi connectivity index (χ1v) is 8.19. The molecular weight excluding hydrogens is 270 g/mol. The van der Waals surface area contributed by atoms with Gasteiger partial charge in [-0.2, -0.15) is 0 Å². The van der Waals surface area contributed by atoms with E-state index in [0.717, 1.165) is 6.42 Å². The summed E-state index contributed by atoms with van der Waals surface area (Å²) < 4.78 is 26.4. The van der Waals surface area contributed by atoms with Gasteiger partial charge in [0.25, 0.3) is 0 Å². The third-order valence-corrected chi connectivity index (χ3v) is 5.55. The fourth-order valence-electron chi connectivity index (χ4n) is 1.57. The van der Waals surface area contributed by atoms with Crippen molar-refractivity contribution in [3.05, 3.63) is 0 Å². The molecule has 2 atom stereocenters. The molecule has 0 aromatic rings. The molecule has 0 amide bonds. The predicted molar refractivity (Wildman–Crippen MR) is 80.2 cm³/mol. The van der Waals surface area contributed by atoms with Gasteiger partial charge in [-0.3, -0.25) is 0 Å². The number of rotatable bonds is 9. The van der Waals surface area contributed by atoms with Gasteiger partial charge < -0.3 is 10.6 Å². The topological polar surface area (TPSA) is 75.4 Å². The second-order valence-corrected chi connectivity index (χ2v) is 6.90. The van der Waals surface area contributed by atoms with Gasteiger partial charge in [0.05, 0.1) is 4.99 Å². The maximum atomic E-state index is 11.9. The molecule has 0 aliphatic carbocycles. The Hall–Kier alpha value is -0.240. The van der Waals surface area contributed by atoms with Crippen LogP contribution in [0.5, 0.6) is 0 Å². The van der Waals surface area contributed by atoms with E-state index in [1.807, 2.05) is 7.05 Å². The highest BCUT2D eigenvalue weighted by atomic mass is 32.2. The van der Waals surface area contributed by atoms with E-state index >= 15 is 0 Å². The molecule has 0 saturated carbocycles. The molecule has 0 aromatic carbocycles. The van der Waals surface area contributed by atoms with Crippen molar-refractivity contribution in [1.82, 2.24) is 9.62 Å². The summed E-state index contributed by atoms with van der Waals surface area (Å²) in [4.78, 5) is 2.14. The van der Waals surface area contributed by atoms with Gasteiger partial charge in [-0.1, -0.05) is 26.1 Å². The normalized spacial score (nSPS) is 15.6. The number of thiocarbonyl (C=S) groups is 1. The second-order valence-electron chi connectivity index (χ2n) is 4.48. The average molecular weight is 295 g/mol. The van der Waals surface area contributed by atoms with Gasteiger partial charge in [0.15, 0.2) is 0 Å². The Morgan fingerprint density at radius 2 is 1.94 bits per heavy atom. The molecule has 0 radical (unpaired) electrons. The SMILES string of the molecule is CCC(C)N(C)CCNS(=O)(=O)C(CC)C(N)=S. The molecule has 0 aliphatic heterocycles. The Labute approximate surface area is 116 Å². The Morgan fingerprint density at radius 1 is 1.39 bits per heavy atom. The van der Waals surface area contributed by atoms with Crippen molar-refractivity contribution >= 4 is 27.2 Å². The van der Waals surface area contributed by atoms with Crippen molar-refractivity contribution < 1.29 is 8.42 Å². The summed E-state index contributed by atoms with van der Waals surface area (Å²) in [5, 5.41) is -0.776. The van der Waals surface area contributed by atoms with Gasteiger partial charge in [0.2, 0.25) is 10.0 Å². The molecule has 0 aliphatic rings. The fourth-order valence-corrected chi connectivity index (χ4v) is 3.44. The van der Waals surface area contributed by atoms with Crippen LogP contribution in [0.1, 0.15) is 33.6 Å². The standard InChI is InChI=1S/C11H25N3O2S2/c1-5-9(3)14(4)8-7-13-18(15,16)10(6-2)11(12)17/h9-10,13H,5-8H2,1-4H3,(H2,12,17). The molecular formula is C11H25N3O2S2. The molecule has 0 saturated heterocycles. The summed E-state index contributed by atoms with van der Waals surface area (Å²) >= 11 is 4.77. The van der Waals surface area contributed by atoms with E-state index in [1.54, 1.807) is 6.92 Å². The molecule has 2 unspecified atom stereocenters. The summed E-state index contributed by atoms with van der Waals surface area (Å²) in [7, 11) is -1.46. The Bertz CT molecular complexity index is 357. The molecule has 108 valence electrons. The Balaban J connectivity index is 4.32. The number of nitrogens with two attached hydrogens (primary N) is 1. The lowest BCUT2D eigenvalue weighted by atomic mass is 10.2. The van der Waals surface area contributed by atoms with Crippen LogP contribution in [0.25, 0.3) is 0 Å². The van der Waals surface area contributed by atoms with Gasteiger partial charge in [-0.25, -0.2) is 13.1 Å². The van der Waals surface area contributed by atoms with Crippen LogP contribution in [-0.4, -0.2) is 49.7 Å². The Morgan fingerprint density at radius 3 is 2.33 bits per heavy atom. The van der Waals surface area contributed by atoms with Crippen LogP contribution in [0.2, 0.25) is 0 Å². The van der Waals surface area contributed by atoms with Gasteiger partial charge >= 0.3 is 0 Å². The van der Waals surface area contributed by atoms with E-state index in [9.17, 15) is 8.42 Å². The molecule has 0 heterocycles. The maximum Gasteiger partial charge on any atom is 0.221 e. The van der Waals surface area contributed by atoms with Gasteiger partial charge in [-0.15, -0.1) is 0 Å². The number of nitrogens with one attached hydrogen (secondary N) is 1. The quantitative estimate of drug-likeness (QED) is 0.613. The highest BCUT2D eigenvalue weighted by Crippen LogP contribution is 2.05. The van der Waals surface area contributed by atoms with Gasteiger partial charge in [0.1, 0.15) is 5.25 Å². The molecule has 0 bridgehead atoms. The average Bonchev–Trinajstić information content (AvgIpc) is 2.27. The van der Waals surface area contributed by atoms with Crippen LogP contribution in [-0.2, 0) is 10.0 Å². The molecule has 5 nitrogen and oxygen atoms in total. The lowest BCUT2D eigenvalue weighted by Crippen LogP contribution is -2.44. The van der Waals surface area contributed by atoms with E-state index in [-0.39, 0.29) is 4.99 Å². The zero-order chi connectivity index (χ0) is 14.3. The minimum atomic E-state index is -3.44. The second kappa shape index (κ2) is 8.04. The van der Waals surface area contributed by atoms with Crippen LogP contribution >= 0.6 is 12.2 Å². The minimum absolute atomic E-state index is 0.0280. The minimum Gasteiger partial charge on any atom is -0.392 e. The van der Waals surface area contributed by atoms with Crippen molar-refractivity contribution in [3.63, 3.8) is 0 Å². The van der Waals surface area contributed by atoms with Crippen molar-refractivity contribution in [2.75, 3.05) is 20.1 Å². The highest BCUT2D eigenvalue weighted by molar-refractivity contribution is 7.93. The third-order valence-electron chi connectivity index (χ3n) is 3.17. The van der Waals surface area contributed by atoms with Crippen molar-refractivity contribution in [2.24, 2.45) is 5.73 Å². The first-order valence-electron chi connectivity index (χ1n) is 6.24. The van der Waals surface area contributed by atoms with Crippen LogP contribution in [0, 0.1) is 0 Å². The highest BCUT2D eigenvalue weighted by Gasteiger charge is 2.25.